The van der Waals surface area contributed by atoms with E-state index in [2.05, 4.69) is 10.6 Å². The normalized spacial score (nSPS) is 11.8. The van der Waals surface area contributed by atoms with Crippen LogP contribution in [0.1, 0.15) is 6.42 Å². The third-order valence-electron chi connectivity index (χ3n) is 2.27. The Bertz CT molecular complexity index is 501. The zero-order valence-electron chi connectivity index (χ0n) is 9.99. The van der Waals surface area contributed by atoms with E-state index in [1.54, 1.807) is 0 Å². The minimum atomic E-state index is -1.26. The molecule has 1 aromatic rings. The molecule has 9 heteroatoms. The quantitative estimate of drug-likeness (QED) is 0.661. The second-order valence-corrected chi connectivity index (χ2v) is 5.00. The second kappa shape index (κ2) is 7.54. The second-order valence-electron chi connectivity index (χ2n) is 3.75. The molecule has 0 aliphatic heterocycles. The highest BCUT2D eigenvalue weighted by Crippen LogP contribution is 2.33. The maximum Gasteiger partial charge on any atom is 0.326 e. The van der Waals surface area contributed by atoms with Crippen LogP contribution in [0.2, 0.25) is 15.1 Å². The Kier molecular flexibility index (Phi) is 6.35. The number of carboxylic acids is 1. The number of aliphatic hydroxyl groups excluding tert-OH is 1. The lowest BCUT2D eigenvalue weighted by atomic mass is 10.2. The number of benzene rings is 1. The molecule has 0 aromatic heterocycles. The molecule has 0 saturated heterocycles. The first-order valence-corrected chi connectivity index (χ1v) is 6.54. The third-order valence-corrected chi connectivity index (χ3v) is 3.08. The highest BCUT2D eigenvalue weighted by Gasteiger charge is 2.20. The van der Waals surface area contributed by atoms with E-state index in [0.717, 1.165) is 0 Å². The topological polar surface area (TPSA) is 98.7 Å². The molecule has 0 aliphatic rings. The van der Waals surface area contributed by atoms with Gasteiger partial charge in [-0.25, -0.2) is 9.59 Å². The number of aliphatic hydroxyl groups is 1. The van der Waals surface area contributed by atoms with Crippen LogP contribution in [0.4, 0.5) is 10.5 Å². The first kappa shape index (κ1) is 16.8. The zero-order chi connectivity index (χ0) is 15.3. The SMILES string of the molecule is O=C(Nc1c(Cl)cc(Cl)cc1Cl)N[C@H](CCO)C(=O)O. The molecular weight excluding hydrogens is 330 g/mol. The number of rotatable bonds is 5. The number of carbonyl (C=O) groups excluding carboxylic acids is 1. The van der Waals surface area contributed by atoms with Gasteiger partial charge in [-0.2, -0.15) is 0 Å². The van der Waals surface area contributed by atoms with Crippen LogP contribution >= 0.6 is 34.8 Å². The Morgan fingerprint density at radius 2 is 1.75 bits per heavy atom. The van der Waals surface area contributed by atoms with E-state index < -0.39 is 18.0 Å². The number of halogens is 3. The third kappa shape index (κ3) is 4.72. The maximum absolute atomic E-state index is 11.7. The van der Waals surface area contributed by atoms with Crippen molar-refractivity contribution < 1.29 is 19.8 Å². The molecule has 0 saturated carbocycles. The number of anilines is 1. The average Bonchev–Trinajstić information content (AvgIpc) is 2.33. The van der Waals surface area contributed by atoms with Gasteiger partial charge in [-0.3, -0.25) is 0 Å². The number of hydrogen-bond acceptors (Lipinski definition) is 3. The lowest BCUT2D eigenvalue weighted by molar-refractivity contribution is -0.139. The summed E-state index contributed by atoms with van der Waals surface area (Å²) in [6, 6.07) is 0.738. The van der Waals surface area contributed by atoms with Gasteiger partial charge in [0.2, 0.25) is 0 Å². The summed E-state index contributed by atoms with van der Waals surface area (Å²) in [5, 5.41) is 22.6. The molecule has 1 atom stereocenters. The van der Waals surface area contributed by atoms with Crippen molar-refractivity contribution >= 4 is 52.5 Å². The van der Waals surface area contributed by atoms with E-state index in [0.29, 0.717) is 5.02 Å². The first-order valence-electron chi connectivity index (χ1n) is 5.41. The largest absolute Gasteiger partial charge is 0.480 e. The summed E-state index contributed by atoms with van der Waals surface area (Å²) in [4.78, 5) is 22.5. The molecule has 0 spiro atoms. The van der Waals surface area contributed by atoms with E-state index >= 15 is 0 Å². The van der Waals surface area contributed by atoms with Crippen LogP contribution < -0.4 is 10.6 Å². The van der Waals surface area contributed by atoms with Crippen molar-refractivity contribution in [1.29, 1.82) is 0 Å². The van der Waals surface area contributed by atoms with Gasteiger partial charge in [0.05, 0.1) is 15.7 Å². The first-order chi connectivity index (χ1) is 9.35. The molecule has 20 heavy (non-hydrogen) atoms. The number of nitrogens with one attached hydrogen (secondary N) is 2. The number of aliphatic carboxylic acids is 1. The van der Waals surface area contributed by atoms with Gasteiger partial charge in [0.15, 0.2) is 0 Å². The van der Waals surface area contributed by atoms with Crippen molar-refractivity contribution in [2.75, 3.05) is 11.9 Å². The summed E-state index contributed by atoms with van der Waals surface area (Å²) < 4.78 is 0. The van der Waals surface area contributed by atoms with Crippen molar-refractivity contribution in [2.24, 2.45) is 0 Å². The molecule has 1 rings (SSSR count). The van der Waals surface area contributed by atoms with Crippen LogP contribution in [-0.2, 0) is 4.79 Å². The summed E-state index contributed by atoms with van der Waals surface area (Å²) >= 11 is 17.5. The van der Waals surface area contributed by atoms with Gasteiger partial charge >= 0.3 is 12.0 Å². The summed E-state index contributed by atoms with van der Waals surface area (Å²) in [5.41, 5.74) is 0.114. The van der Waals surface area contributed by atoms with E-state index in [-0.39, 0.29) is 28.8 Å². The Labute approximate surface area is 129 Å². The van der Waals surface area contributed by atoms with Crippen molar-refractivity contribution in [3.05, 3.63) is 27.2 Å². The molecule has 4 N–H and O–H groups in total. The van der Waals surface area contributed by atoms with Crippen LogP contribution in [0, 0.1) is 0 Å². The number of hydrogen-bond donors (Lipinski definition) is 4. The van der Waals surface area contributed by atoms with Crippen LogP contribution in [0.15, 0.2) is 12.1 Å². The van der Waals surface area contributed by atoms with E-state index in [1.807, 2.05) is 0 Å². The molecule has 110 valence electrons. The molecule has 0 fully saturated rings. The zero-order valence-corrected chi connectivity index (χ0v) is 12.3. The molecule has 0 aliphatic carbocycles. The fourth-order valence-electron chi connectivity index (χ4n) is 1.36. The van der Waals surface area contributed by atoms with E-state index in [9.17, 15) is 9.59 Å². The van der Waals surface area contributed by atoms with Crippen molar-refractivity contribution in [1.82, 2.24) is 5.32 Å². The number of carbonyl (C=O) groups is 2. The Hall–Kier alpha value is -1.21. The Morgan fingerprint density at radius 3 is 2.20 bits per heavy atom. The van der Waals surface area contributed by atoms with Crippen molar-refractivity contribution in [3.8, 4) is 0 Å². The monoisotopic (exact) mass is 340 g/mol. The lowest BCUT2D eigenvalue weighted by Gasteiger charge is -2.15. The fourth-order valence-corrected chi connectivity index (χ4v) is 2.27. The minimum absolute atomic E-state index is 0.114. The van der Waals surface area contributed by atoms with E-state index in [1.165, 1.54) is 12.1 Å². The van der Waals surface area contributed by atoms with Gasteiger partial charge in [-0.05, 0) is 12.1 Å². The summed E-state index contributed by atoms with van der Waals surface area (Å²) in [7, 11) is 0. The average molecular weight is 342 g/mol. The smallest absolute Gasteiger partial charge is 0.326 e. The van der Waals surface area contributed by atoms with Crippen molar-refractivity contribution in [3.63, 3.8) is 0 Å². The fraction of sp³-hybridized carbons (Fsp3) is 0.273. The summed E-state index contributed by atoms with van der Waals surface area (Å²) in [6.07, 6.45) is -0.120. The molecule has 0 unspecified atom stereocenters. The van der Waals surface area contributed by atoms with Gasteiger partial charge in [0.1, 0.15) is 6.04 Å². The standard InChI is InChI=1S/C11H11Cl3N2O4/c12-5-3-6(13)9(7(14)4-5)16-11(20)15-8(1-2-17)10(18)19/h3-4,8,17H,1-2H2,(H,18,19)(H2,15,16,20)/t8-/m1/s1. The highest BCUT2D eigenvalue weighted by molar-refractivity contribution is 6.42. The molecule has 2 amide bonds. The van der Waals surface area contributed by atoms with Gasteiger partial charge in [0, 0.05) is 18.1 Å². The highest BCUT2D eigenvalue weighted by atomic mass is 35.5. The predicted molar refractivity (Wildman–Crippen MR) is 76.8 cm³/mol. The molecular formula is C11H11Cl3N2O4. The minimum Gasteiger partial charge on any atom is -0.480 e. The van der Waals surface area contributed by atoms with Gasteiger partial charge < -0.3 is 20.8 Å². The van der Waals surface area contributed by atoms with Crippen LogP contribution in [0.5, 0.6) is 0 Å². The molecule has 0 radical (unpaired) electrons. The lowest BCUT2D eigenvalue weighted by Crippen LogP contribution is -2.43. The summed E-state index contributed by atoms with van der Waals surface area (Å²) in [6.45, 7) is -0.375. The molecule has 0 heterocycles. The molecule has 6 nitrogen and oxygen atoms in total. The number of carboxylic acid groups (broad SMARTS) is 1. The van der Waals surface area contributed by atoms with Crippen molar-refractivity contribution in [2.45, 2.75) is 12.5 Å². The van der Waals surface area contributed by atoms with Crippen LogP contribution in [0.25, 0.3) is 0 Å². The number of urea groups is 1. The molecule has 1 aromatic carbocycles. The maximum atomic E-state index is 11.7. The van der Waals surface area contributed by atoms with Gasteiger partial charge in [0.25, 0.3) is 0 Å². The van der Waals surface area contributed by atoms with Gasteiger partial charge in [-0.15, -0.1) is 0 Å². The molecule has 0 bridgehead atoms. The van der Waals surface area contributed by atoms with E-state index in [4.69, 9.17) is 45.0 Å². The Balaban J connectivity index is 2.78. The summed E-state index contributed by atoms with van der Waals surface area (Å²) in [5.74, 6) is -1.26. The van der Waals surface area contributed by atoms with Gasteiger partial charge in [-0.1, -0.05) is 34.8 Å². The number of amides is 2. The Morgan fingerprint density at radius 1 is 1.20 bits per heavy atom. The van der Waals surface area contributed by atoms with Crippen LogP contribution in [0.3, 0.4) is 0 Å². The van der Waals surface area contributed by atoms with Crippen LogP contribution in [-0.4, -0.2) is 34.9 Å². The predicted octanol–water partition coefficient (Wildman–Crippen LogP) is 2.60.